The fourth-order valence-corrected chi connectivity index (χ4v) is 1.68. The van der Waals surface area contributed by atoms with E-state index in [0.717, 1.165) is 10.0 Å². The quantitative estimate of drug-likeness (QED) is 0.920. The number of hydrogen-bond donors (Lipinski definition) is 1. The highest BCUT2D eigenvalue weighted by Crippen LogP contribution is 2.24. The van der Waals surface area contributed by atoms with Crippen molar-refractivity contribution in [2.75, 3.05) is 7.11 Å². The first-order valence-corrected chi connectivity index (χ1v) is 5.20. The summed E-state index contributed by atoms with van der Waals surface area (Å²) in [6.07, 6.45) is -2.36. The van der Waals surface area contributed by atoms with E-state index in [1.165, 1.54) is 0 Å². The SMILES string of the molecule is COc1ccc(CC(N)C(F)F)c(Br)c1. The normalized spacial score (nSPS) is 12.9. The summed E-state index contributed by atoms with van der Waals surface area (Å²) < 4.78 is 30.2. The first-order valence-electron chi connectivity index (χ1n) is 4.40. The lowest BCUT2D eigenvalue weighted by Gasteiger charge is -2.12. The van der Waals surface area contributed by atoms with Crippen molar-refractivity contribution in [3.8, 4) is 5.75 Å². The highest BCUT2D eigenvalue weighted by molar-refractivity contribution is 9.10. The molecule has 84 valence electrons. The smallest absolute Gasteiger partial charge is 0.253 e. The van der Waals surface area contributed by atoms with E-state index in [1.54, 1.807) is 25.3 Å². The Morgan fingerprint density at radius 1 is 1.47 bits per heavy atom. The fraction of sp³-hybridized carbons (Fsp3) is 0.400. The van der Waals surface area contributed by atoms with Gasteiger partial charge in [0.15, 0.2) is 0 Å². The maximum absolute atomic E-state index is 12.2. The lowest BCUT2D eigenvalue weighted by Crippen LogP contribution is -2.31. The van der Waals surface area contributed by atoms with Crippen LogP contribution in [-0.2, 0) is 6.42 Å². The van der Waals surface area contributed by atoms with E-state index in [2.05, 4.69) is 15.9 Å². The molecule has 1 aromatic rings. The van der Waals surface area contributed by atoms with Crippen LogP contribution in [0.5, 0.6) is 5.75 Å². The Kier molecular flexibility index (Phi) is 4.47. The van der Waals surface area contributed by atoms with Gasteiger partial charge in [-0.05, 0) is 24.1 Å². The van der Waals surface area contributed by atoms with Crippen LogP contribution in [0, 0.1) is 0 Å². The summed E-state index contributed by atoms with van der Waals surface area (Å²) in [6, 6.07) is 4.05. The predicted molar refractivity (Wildman–Crippen MR) is 58.4 cm³/mol. The number of methoxy groups -OCH3 is 1. The third kappa shape index (κ3) is 3.43. The molecule has 2 nitrogen and oxygen atoms in total. The molecule has 0 saturated carbocycles. The number of hydrogen-bond acceptors (Lipinski definition) is 2. The third-order valence-electron chi connectivity index (χ3n) is 2.04. The van der Waals surface area contributed by atoms with E-state index in [9.17, 15) is 8.78 Å². The molecule has 0 aliphatic rings. The number of alkyl halides is 2. The first kappa shape index (κ1) is 12.4. The van der Waals surface area contributed by atoms with Crippen molar-refractivity contribution in [3.63, 3.8) is 0 Å². The molecule has 0 aliphatic heterocycles. The van der Waals surface area contributed by atoms with Crippen molar-refractivity contribution in [2.45, 2.75) is 18.9 Å². The van der Waals surface area contributed by atoms with E-state index in [1.807, 2.05) is 0 Å². The van der Waals surface area contributed by atoms with Crippen molar-refractivity contribution in [2.24, 2.45) is 5.73 Å². The van der Waals surface area contributed by atoms with Gasteiger partial charge in [-0.1, -0.05) is 22.0 Å². The fourth-order valence-electron chi connectivity index (χ4n) is 1.16. The lowest BCUT2D eigenvalue weighted by molar-refractivity contribution is 0.116. The minimum Gasteiger partial charge on any atom is -0.497 e. The van der Waals surface area contributed by atoms with Crippen LogP contribution in [0.3, 0.4) is 0 Å². The summed E-state index contributed by atoms with van der Waals surface area (Å²) in [7, 11) is 1.55. The van der Waals surface area contributed by atoms with Crippen molar-refractivity contribution in [1.29, 1.82) is 0 Å². The van der Waals surface area contributed by atoms with Crippen LogP contribution < -0.4 is 10.5 Å². The van der Waals surface area contributed by atoms with Gasteiger partial charge in [0.25, 0.3) is 6.43 Å². The van der Waals surface area contributed by atoms with Crippen molar-refractivity contribution < 1.29 is 13.5 Å². The zero-order valence-electron chi connectivity index (χ0n) is 8.21. The Balaban J connectivity index is 2.78. The second-order valence-electron chi connectivity index (χ2n) is 3.16. The molecule has 0 saturated heterocycles. The summed E-state index contributed by atoms with van der Waals surface area (Å²) in [5.41, 5.74) is 6.04. The highest BCUT2D eigenvalue weighted by Gasteiger charge is 2.16. The van der Waals surface area contributed by atoms with Gasteiger partial charge < -0.3 is 10.5 Å². The molecule has 5 heteroatoms. The van der Waals surface area contributed by atoms with E-state index in [-0.39, 0.29) is 6.42 Å². The number of nitrogens with two attached hydrogens (primary N) is 1. The zero-order chi connectivity index (χ0) is 11.4. The summed E-state index contributed by atoms with van der Waals surface area (Å²) in [5, 5.41) is 0. The van der Waals surface area contributed by atoms with Gasteiger partial charge in [0.1, 0.15) is 5.75 Å². The van der Waals surface area contributed by atoms with Gasteiger partial charge in [-0.25, -0.2) is 8.78 Å². The Morgan fingerprint density at radius 3 is 2.60 bits per heavy atom. The maximum Gasteiger partial charge on any atom is 0.253 e. The number of rotatable bonds is 4. The molecule has 0 fully saturated rings. The molecule has 15 heavy (non-hydrogen) atoms. The van der Waals surface area contributed by atoms with Crippen molar-refractivity contribution in [1.82, 2.24) is 0 Å². The molecule has 0 heterocycles. The number of benzene rings is 1. The van der Waals surface area contributed by atoms with E-state index >= 15 is 0 Å². The average Bonchev–Trinajstić information content (AvgIpc) is 2.20. The molecule has 1 unspecified atom stereocenters. The van der Waals surface area contributed by atoms with Gasteiger partial charge in [-0.3, -0.25) is 0 Å². The topological polar surface area (TPSA) is 35.2 Å². The minimum atomic E-state index is -2.50. The molecular formula is C10H12BrF2NO. The molecule has 0 aromatic heterocycles. The summed E-state index contributed by atoms with van der Waals surface area (Å²) in [6.45, 7) is 0. The maximum atomic E-state index is 12.2. The van der Waals surface area contributed by atoms with Gasteiger partial charge in [0.2, 0.25) is 0 Å². The Hall–Kier alpha value is -0.680. The lowest BCUT2D eigenvalue weighted by atomic mass is 10.1. The number of ether oxygens (including phenoxy) is 1. The average molecular weight is 280 g/mol. The van der Waals surface area contributed by atoms with Gasteiger partial charge in [-0.2, -0.15) is 0 Å². The Labute approximate surface area is 95.5 Å². The zero-order valence-corrected chi connectivity index (χ0v) is 9.80. The molecule has 1 aromatic carbocycles. The Morgan fingerprint density at radius 2 is 2.13 bits per heavy atom. The number of halogens is 3. The molecular weight excluding hydrogens is 268 g/mol. The predicted octanol–water partition coefficient (Wildman–Crippen LogP) is 2.59. The summed E-state index contributed by atoms with van der Waals surface area (Å²) in [5.74, 6) is 0.677. The van der Waals surface area contributed by atoms with Crippen LogP contribution in [0.1, 0.15) is 5.56 Å². The monoisotopic (exact) mass is 279 g/mol. The van der Waals surface area contributed by atoms with Crippen LogP contribution in [0.25, 0.3) is 0 Å². The van der Waals surface area contributed by atoms with Gasteiger partial charge >= 0.3 is 0 Å². The second-order valence-corrected chi connectivity index (χ2v) is 4.01. The van der Waals surface area contributed by atoms with Crippen LogP contribution in [0.15, 0.2) is 22.7 Å². The molecule has 0 radical (unpaired) electrons. The summed E-state index contributed by atoms with van der Waals surface area (Å²) in [4.78, 5) is 0. The largest absolute Gasteiger partial charge is 0.497 e. The van der Waals surface area contributed by atoms with Crippen LogP contribution in [0.2, 0.25) is 0 Å². The van der Waals surface area contributed by atoms with Crippen LogP contribution in [0.4, 0.5) is 8.78 Å². The van der Waals surface area contributed by atoms with Gasteiger partial charge in [-0.15, -0.1) is 0 Å². The van der Waals surface area contributed by atoms with Crippen molar-refractivity contribution in [3.05, 3.63) is 28.2 Å². The molecule has 1 rings (SSSR count). The summed E-state index contributed by atoms with van der Waals surface area (Å²) >= 11 is 3.29. The van der Waals surface area contributed by atoms with Crippen molar-refractivity contribution >= 4 is 15.9 Å². The highest BCUT2D eigenvalue weighted by atomic mass is 79.9. The molecule has 2 N–H and O–H groups in total. The minimum absolute atomic E-state index is 0.141. The molecule has 0 aliphatic carbocycles. The van der Waals surface area contributed by atoms with E-state index in [4.69, 9.17) is 10.5 Å². The van der Waals surface area contributed by atoms with E-state index in [0.29, 0.717) is 5.75 Å². The molecule has 0 bridgehead atoms. The van der Waals surface area contributed by atoms with Crippen LogP contribution >= 0.6 is 15.9 Å². The molecule has 0 amide bonds. The van der Waals surface area contributed by atoms with Crippen LogP contribution in [-0.4, -0.2) is 19.6 Å². The molecule has 0 spiro atoms. The van der Waals surface area contributed by atoms with Gasteiger partial charge in [0.05, 0.1) is 13.2 Å². The van der Waals surface area contributed by atoms with E-state index < -0.39 is 12.5 Å². The Bertz CT molecular complexity index is 333. The second kappa shape index (κ2) is 5.42. The third-order valence-corrected chi connectivity index (χ3v) is 2.78. The standard InChI is InChI=1S/C10H12BrF2NO/c1-15-7-3-2-6(8(11)5-7)4-9(14)10(12)13/h2-3,5,9-10H,4,14H2,1H3. The molecule has 1 atom stereocenters. The first-order chi connectivity index (χ1) is 7.04. The van der Waals surface area contributed by atoms with Gasteiger partial charge in [0, 0.05) is 4.47 Å².